The highest BCUT2D eigenvalue weighted by Crippen LogP contribution is 2.35. The first kappa shape index (κ1) is 24.2. The molecular formula is C30H33N7O. The van der Waals surface area contributed by atoms with E-state index in [1.165, 1.54) is 30.3 Å². The van der Waals surface area contributed by atoms with E-state index < -0.39 is 0 Å². The smallest absolute Gasteiger partial charge is 0.224 e. The van der Waals surface area contributed by atoms with Gasteiger partial charge in [0.2, 0.25) is 5.91 Å². The van der Waals surface area contributed by atoms with E-state index in [0.29, 0.717) is 12.1 Å². The Morgan fingerprint density at radius 3 is 2.66 bits per heavy atom. The zero-order chi connectivity index (χ0) is 26.3. The maximum atomic E-state index is 12.4. The number of anilines is 2. The zero-order valence-corrected chi connectivity index (χ0v) is 22.1. The van der Waals surface area contributed by atoms with Gasteiger partial charge in [-0.15, -0.1) is 0 Å². The highest BCUT2D eigenvalue weighted by atomic mass is 16.1. The quantitative estimate of drug-likeness (QED) is 0.251. The molecule has 8 heteroatoms. The van der Waals surface area contributed by atoms with Gasteiger partial charge in [-0.2, -0.15) is 5.10 Å². The summed E-state index contributed by atoms with van der Waals surface area (Å²) in [5.41, 5.74) is 7.24. The van der Waals surface area contributed by atoms with E-state index in [1.54, 1.807) is 18.6 Å². The molecule has 0 spiro atoms. The Balaban J connectivity index is 1.33. The number of benzene rings is 1. The van der Waals surface area contributed by atoms with E-state index in [1.807, 2.05) is 32.9 Å². The SMILES string of the molecule is CC(C)(C)CC(=O)Nc1cncc(-c2cc3c(-c4cc5c(N6CCCCC6)cccc5[nH]4)n[nH]c3cn2)c1. The number of hydrogen-bond donors (Lipinski definition) is 3. The molecule has 1 saturated heterocycles. The minimum atomic E-state index is -0.0867. The molecule has 0 radical (unpaired) electrons. The Hall–Kier alpha value is -4.20. The first-order valence-corrected chi connectivity index (χ1v) is 13.3. The van der Waals surface area contributed by atoms with Crippen molar-refractivity contribution in [3.05, 3.63) is 55.0 Å². The van der Waals surface area contributed by atoms with Gasteiger partial charge in [0.15, 0.2) is 0 Å². The van der Waals surface area contributed by atoms with Gasteiger partial charge in [-0.3, -0.25) is 19.9 Å². The number of piperidine rings is 1. The number of aromatic nitrogens is 5. The summed E-state index contributed by atoms with van der Waals surface area (Å²) in [6.45, 7) is 8.34. The predicted molar refractivity (Wildman–Crippen MR) is 153 cm³/mol. The number of pyridine rings is 2. The van der Waals surface area contributed by atoms with Gasteiger partial charge >= 0.3 is 0 Å². The van der Waals surface area contributed by atoms with Crippen LogP contribution in [0.5, 0.6) is 0 Å². The summed E-state index contributed by atoms with van der Waals surface area (Å²) >= 11 is 0. The summed E-state index contributed by atoms with van der Waals surface area (Å²) in [6, 6.07) is 12.6. The van der Waals surface area contributed by atoms with Crippen LogP contribution in [0.2, 0.25) is 0 Å². The van der Waals surface area contributed by atoms with Crippen molar-refractivity contribution in [2.24, 2.45) is 5.41 Å². The fourth-order valence-corrected chi connectivity index (χ4v) is 5.29. The summed E-state index contributed by atoms with van der Waals surface area (Å²) < 4.78 is 0. The number of carbonyl (C=O) groups is 1. The lowest BCUT2D eigenvalue weighted by molar-refractivity contribution is -0.117. The van der Waals surface area contributed by atoms with Crippen LogP contribution < -0.4 is 10.2 Å². The van der Waals surface area contributed by atoms with Crippen LogP contribution in [0, 0.1) is 5.41 Å². The number of hydrogen-bond acceptors (Lipinski definition) is 5. The second kappa shape index (κ2) is 9.59. The molecule has 0 saturated carbocycles. The molecule has 1 aromatic carbocycles. The van der Waals surface area contributed by atoms with Crippen molar-refractivity contribution in [2.45, 2.75) is 46.5 Å². The molecule has 6 rings (SSSR count). The fourth-order valence-electron chi connectivity index (χ4n) is 5.29. The number of amides is 1. The Morgan fingerprint density at radius 1 is 1.00 bits per heavy atom. The van der Waals surface area contributed by atoms with Crippen LogP contribution in [-0.2, 0) is 4.79 Å². The highest BCUT2D eigenvalue weighted by molar-refractivity contribution is 6.00. The number of fused-ring (bicyclic) bond motifs is 2. The van der Waals surface area contributed by atoms with Crippen molar-refractivity contribution in [1.82, 2.24) is 25.1 Å². The number of nitrogens with one attached hydrogen (secondary N) is 3. The molecule has 0 aliphatic carbocycles. The highest BCUT2D eigenvalue weighted by Gasteiger charge is 2.19. The van der Waals surface area contributed by atoms with E-state index in [-0.39, 0.29) is 11.3 Å². The van der Waals surface area contributed by atoms with Crippen LogP contribution in [0.15, 0.2) is 55.0 Å². The topological polar surface area (TPSA) is 103 Å². The van der Waals surface area contributed by atoms with Crippen LogP contribution in [0.25, 0.3) is 44.5 Å². The molecule has 38 heavy (non-hydrogen) atoms. The average Bonchev–Trinajstić information content (AvgIpc) is 3.51. The van der Waals surface area contributed by atoms with Gasteiger partial charge in [0.1, 0.15) is 5.69 Å². The monoisotopic (exact) mass is 507 g/mol. The Bertz CT molecular complexity index is 1620. The average molecular weight is 508 g/mol. The maximum Gasteiger partial charge on any atom is 0.224 e. The van der Waals surface area contributed by atoms with E-state index in [9.17, 15) is 4.79 Å². The van der Waals surface area contributed by atoms with Gasteiger partial charge in [-0.25, -0.2) is 0 Å². The number of carbonyl (C=O) groups excluding carboxylic acids is 1. The first-order valence-electron chi connectivity index (χ1n) is 13.3. The van der Waals surface area contributed by atoms with Gasteiger partial charge < -0.3 is 15.2 Å². The third kappa shape index (κ3) is 4.86. The predicted octanol–water partition coefficient (Wildman–Crippen LogP) is 6.53. The molecule has 0 bridgehead atoms. The molecule has 194 valence electrons. The number of rotatable bonds is 5. The number of nitrogens with zero attached hydrogens (tertiary/aromatic N) is 4. The summed E-state index contributed by atoms with van der Waals surface area (Å²) in [5, 5.41) is 12.9. The molecule has 0 atom stereocenters. The first-order chi connectivity index (χ1) is 18.3. The lowest BCUT2D eigenvalue weighted by Crippen LogP contribution is -2.29. The lowest BCUT2D eigenvalue weighted by atomic mass is 9.92. The molecule has 1 amide bonds. The van der Waals surface area contributed by atoms with Crippen molar-refractivity contribution < 1.29 is 4.79 Å². The lowest BCUT2D eigenvalue weighted by Gasteiger charge is -2.29. The van der Waals surface area contributed by atoms with Gasteiger partial charge in [-0.1, -0.05) is 26.8 Å². The van der Waals surface area contributed by atoms with Crippen LogP contribution in [-0.4, -0.2) is 44.1 Å². The minimum absolute atomic E-state index is 0.0280. The van der Waals surface area contributed by atoms with Crippen molar-refractivity contribution in [1.29, 1.82) is 0 Å². The van der Waals surface area contributed by atoms with Gasteiger partial charge in [-0.05, 0) is 55.0 Å². The van der Waals surface area contributed by atoms with Crippen LogP contribution in [0.3, 0.4) is 0 Å². The molecule has 0 unspecified atom stereocenters. The Kier molecular flexibility index (Phi) is 6.10. The minimum Gasteiger partial charge on any atom is -0.371 e. The van der Waals surface area contributed by atoms with E-state index >= 15 is 0 Å². The Labute approximate surface area is 221 Å². The summed E-state index contributed by atoms with van der Waals surface area (Å²) in [5.74, 6) is -0.0280. The van der Waals surface area contributed by atoms with E-state index in [2.05, 4.69) is 59.6 Å². The second-order valence-electron chi connectivity index (χ2n) is 11.4. The second-order valence-corrected chi connectivity index (χ2v) is 11.4. The third-order valence-electron chi connectivity index (χ3n) is 7.05. The summed E-state index contributed by atoms with van der Waals surface area (Å²) in [4.78, 5) is 27.5. The van der Waals surface area contributed by atoms with E-state index in [0.717, 1.165) is 52.2 Å². The normalized spacial score (nSPS) is 14.3. The molecule has 8 nitrogen and oxygen atoms in total. The molecule has 3 N–H and O–H groups in total. The fraction of sp³-hybridized carbons (Fsp3) is 0.333. The summed E-state index contributed by atoms with van der Waals surface area (Å²) in [6.07, 6.45) is 9.45. The van der Waals surface area contributed by atoms with Crippen molar-refractivity contribution in [3.8, 4) is 22.6 Å². The van der Waals surface area contributed by atoms with Crippen LogP contribution >= 0.6 is 0 Å². The molecule has 5 heterocycles. The maximum absolute atomic E-state index is 12.4. The zero-order valence-electron chi connectivity index (χ0n) is 22.1. The molecule has 1 aliphatic rings. The largest absolute Gasteiger partial charge is 0.371 e. The van der Waals surface area contributed by atoms with Gasteiger partial charge in [0, 0.05) is 53.2 Å². The number of aromatic amines is 2. The standard InChI is InChI=1S/C30H33N7O/c1-30(2,3)15-28(38)33-20-12-19(16-31-17-20)24-14-22-26(18-32-24)35-36-29(22)25-13-21-23(34-25)8-7-9-27(21)37-10-5-4-6-11-37/h7-9,12-14,16-18,34H,4-6,10-11,15H2,1-3H3,(H,33,38)(H,35,36). The van der Waals surface area contributed by atoms with Gasteiger partial charge in [0.05, 0.1) is 35.0 Å². The molecular weight excluding hydrogens is 474 g/mol. The van der Waals surface area contributed by atoms with Crippen molar-refractivity contribution >= 4 is 39.1 Å². The van der Waals surface area contributed by atoms with Crippen molar-refractivity contribution in [3.63, 3.8) is 0 Å². The molecule has 1 aliphatic heterocycles. The number of H-pyrrole nitrogens is 2. The van der Waals surface area contributed by atoms with Gasteiger partial charge in [0.25, 0.3) is 0 Å². The summed E-state index contributed by atoms with van der Waals surface area (Å²) in [7, 11) is 0. The molecule has 5 aromatic rings. The molecule has 1 fully saturated rings. The molecule has 4 aromatic heterocycles. The van der Waals surface area contributed by atoms with Crippen LogP contribution in [0.1, 0.15) is 46.5 Å². The third-order valence-corrected chi connectivity index (χ3v) is 7.05. The van der Waals surface area contributed by atoms with E-state index in [4.69, 9.17) is 0 Å². The van der Waals surface area contributed by atoms with Crippen LogP contribution in [0.4, 0.5) is 11.4 Å². The Morgan fingerprint density at radius 2 is 1.84 bits per heavy atom. The van der Waals surface area contributed by atoms with Crippen molar-refractivity contribution in [2.75, 3.05) is 23.3 Å².